The van der Waals surface area contributed by atoms with Gasteiger partial charge in [0.2, 0.25) is 0 Å². The van der Waals surface area contributed by atoms with Crippen LogP contribution in [0.2, 0.25) is 0 Å². The van der Waals surface area contributed by atoms with Gasteiger partial charge in [-0.15, -0.1) is 0 Å². The van der Waals surface area contributed by atoms with E-state index in [9.17, 15) is 4.39 Å². The maximum absolute atomic E-state index is 13.7. The lowest BCUT2D eigenvalue weighted by molar-refractivity contribution is 0.601. The molecule has 0 atom stereocenters. The fraction of sp³-hybridized carbons (Fsp3) is 0.0909. The second kappa shape index (κ2) is 4.58. The molecule has 88 valence electrons. The molecular weight excluding hydrogens is 239 g/mol. The van der Waals surface area contributed by atoms with E-state index in [1.54, 1.807) is 24.5 Å². The molecule has 3 N–H and O–H groups in total. The second-order valence-electron chi connectivity index (χ2n) is 3.48. The number of amidine groups is 1. The summed E-state index contributed by atoms with van der Waals surface area (Å²) >= 11 is 1.23. The molecule has 0 amide bonds. The van der Waals surface area contributed by atoms with Crippen molar-refractivity contribution in [3.05, 3.63) is 42.0 Å². The van der Waals surface area contributed by atoms with Crippen molar-refractivity contribution in [2.75, 3.05) is 0 Å². The first-order valence-electron chi connectivity index (χ1n) is 4.87. The minimum Gasteiger partial charge on any atom is -0.384 e. The average Bonchev–Trinajstić information content (AvgIpc) is 2.67. The Bertz CT molecular complexity index is 564. The SMILES string of the molecule is Cn1ccnc1Sc1ccc(C(=N)N)cc1F. The van der Waals surface area contributed by atoms with Gasteiger partial charge in [-0.1, -0.05) is 0 Å². The predicted molar refractivity (Wildman–Crippen MR) is 64.7 cm³/mol. The molecule has 17 heavy (non-hydrogen) atoms. The maximum Gasteiger partial charge on any atom is 0.172 e. The smallest absolute Gasteiger partial charge is 0.172 e. The molecule has 0 saturated carbocycles. The average molecular weight is 250 g/mol. The molecule has 0 radical (unpaired) electrons. The van der Waals surface area contributed by atoms with Crippen LogP contribution >= 0.6 is 11.8 Å². The zero-order chi connectivity index (χ0) is 12.4. The third kappa shape index (κ3) is 2.47. The Labute approximate surface area is 102 Å². The van der Waals surface area contributed by atoms with E-state index in [2.05, 4.69) is 4.98 Å². The summed E-state index contributed by atoms with van der Waals surface area (Å²) in [6.45, 7) is 0. The summed E-state index contributed by atoms with van der Waals surface area (Å²) in [4.78, 5) is 4.56. The van der Waals surface area contributed by atoms with E-state index in [4.69, 9.17) is 11.1 Å². The van der Waals surface area contributed by atoms with Crippen LogP contribution < -0.4 is 5.73 Å². The van der Waals surface area contributed by atoms with Crippen LogP contribution in [0.25, 0.3) is 0 Å². The van der Waals surface area contributed by atoms with Gasteiger partial charge in [0.05, 0.1) is 4.90 Å². The first kappa shape index (κ1) is 11.7. The molecule has 0 saturated heterocycles. The molecule has 6 heteroatoms. The number of halogens is 1. The van der Waals surface area contributed by atoms with Gasteiger partial charge in [-0.3, -0.25) is 5.41 Å². The highest BCUT2D eigenvalue weighted by atomic mass is 32.2. The van der Waals surface area contributed by atoms with Crippen LogP contribution in [-0.4, -0.2) is 15.4 Å². The molecule has 0 aliphatic carbocycles. The van der Waals surface area contributed by atoms with Crippen LogP contribution in [0.5, 0.6) is 0 Å². The van der Waals surface area contributed by atoms with Crippen molar-refractivity contribution in [1.82, 2.24) is 9.55 Å². The van der Waals surface area contributed by atoms with Gasteiger partial charge in [0, 0.05) is 25.0 Å². The second-order valence-corrected chi connectivity index (χ2v) is 4.49. The number of hydrogen-bond donors (Lipinski definition) is 2. The fourth-order valence-corrected chi connectivity index (χ4v) is 2.11. The third-order valence-electron chi connectivity index (χ3n) is 2.22. The van der Waals surface area contributed by atoms with Crippen LogP contribution in [0.1, 0.15) is 5.56 Å². The Balaban J connectivity index is 2.29. The summed E-state index contributed by atoms with van der Waals surface area (Å²) < 4.78 is 15.5. The zero-order valence-electron chi connectivity index (χ0n) is 9.14. The largest absolute Gasteiger partial charge is 0.384 e. The van der Waals surface area contributed by atoms with E-state index < -0.39 is 5.82 Å². The Kier molecular flexibility index (Phi) is 3.14. The lowest BCUT2D eigenvalue weighted by atomic mass is 10.2. The van der Waals surface area contributed by atoms with Gasteiger partial charge >= 0.3 is 0 Å². The predicted octanol–water partition coefficient (Wildman–Crippen LogP) is 1.99. The van der Waals surface area contributed by atoms with Crippen molar-refractivity contribution in [3.63, 3.8) is 0 Å². The van der Waals surface area contributed by atoms with Crippen molar-refractivity contribution in [2.45, 2.75) is 10.1 Å². The quantitative estimate of drug-likeness (QED) is 0.646. The number of rotatable bonds is 3. The first-order chi connectivity index (χ1) is 8.08. The number of aromatic nitrogens is 2. The number of nitrogen functional groups attached to an aromatic ring is 1. The van der Waals surface area contributed by atoms with Gasteiger partial charge in [0.1, 0.15) is 11.7 Å². The van der Waals surface area contributed by atoms with Gasteiger partial charge in [0.25, 0.3) is 0 Å². The molecule has 0 aliphatic heterocycles. The van der Waals surface area contributed by atoms with Crippen LogP contribution in [0.3, 0.4) is 0 Å². The van der Waals surface area contributed by atoms with Crippen LogP contribution in [-0.2, 0) is 7.05 Å². The van der Waals surface area contributed by atoms with E-state index in [1.165, 1.54) is 17.8 Å². The van der Waals surface area contributed by atoms with Crippen molar-refractivity contribution in [1.29, 1.82) is 5.41 Å². The lowest BCUT2D eigenvalue weighted by Gasteiger charge is -2.05. The molecular formula is C11H11FN4S. The highest BCUT2D eigenvalue weighted by Gasteiger charge is 2.09. The Hall–Kier alpha value is -1.82. The zero-order valence-corrected chi connectivity index (χ0v) is 9.96. The van der Waals surface area contributed by atoms with E-state index in [1.807, 2.05) is 11.6 Å². The summed E-state index contributed by atoms with van der Waals surface area (Å²) in [6.07, 6.45) is 3.45. The summed E-state index contributed by atoms with van der Waals surface area (Å²) in [5.41, 5.74) is 5.67. The molecule has 1 aromatic heterocycles. The minimum atomic E-state index is -0.397. The van der Waals surface area contributed by atoms with Gasteiger partial charge < -0.3 is 10.3 Å². The monoisotopic (exact) mass is 250 g/mol. The van der Waals surface area contributed by atoms with Gasteiger partial charge in [-0.2, -0.15) is 0 Å². The number of nitrogens with zero attached hydrogens (tertiary/aromatic N) is 2. The number of aryl methyl sites for hydroxylation is 1. The van der Waals surface area contributed by atoms with Crippen LogP contribution in [0.4, 0.5) is 4.39 Å². The fourth-order valence-electron chi connectivity index (χ4n) is 1.30. The number of nitrogens with two attached hydrogens (primary N) is 1. The number of nitrogens with one attached hydrogen (secondary N) is 1. The molecule has 1 heterocycles. The number of imidazole rings is 1. The highest BCUT2D eigenvalue weighted by Crippen LogP contribution is 2.28. The van der Waals surface area contributed by atoms with Crippen molar-refractivity contribution >= 4 is 17.6 Å². The van der Waals surface area contributed by atoms with Crippen LogP contribution in [0, 0.1) is 11.2 Å². The normalized spacial score (nSPS) is 10.5. The summed E-state index contributed by atoms with van der Waals surface area (Å²) in [5, 5.41) is 7.93. The molecule has 1 aromatic carbocycles. The summed E-state index contributed by atoms with van der Waals surface area (Å²) in [7, 11) is 1.84. The summed E-state index contributed by atoms with van der Waals surface area (Å²) in [6, 6.07) is 4.48. The van der Waals surface area contributed by atoms with Crippen molar-refractivity contribution in [3.8, 4) is 0 Å². The lowest BCUT2D eigenvalue weighted by Crippen LogP contribution is -2.11. The van der Waals surface area contributed by atoms with Crippen LogP contribution in [0.15, 0.2) is 40.6 Å². The standard InChI is InChI=1S/C11H11FN4S/c1-16-5-4-15-11(16)17-9-3-2-7(10(13)14)6-8(9)12/h2-6H,1H3,(H3,13,14). The van der Waals surface area contributed by atoms with E-state index >= 15 is 0 Å². The third-order valence-corrected chi connectivity index (χ3v) is 3.35. The van der Waals surface area contributed by atoms with Gasteiger partial charge in [-0.05, 0) is 30.0 Å². The Morgan fingerprint density at radius 2 is 2.29 bits per heavy atom. The molecule has 2 aromatic rings. The van der Waals surface area contributed by atoms with Gasteiger partial charge in [-0.25, -0.2) is 9.37 Å². The topological polar surface area (TPSA) is 67.7 Å². The van der Waals surface area contributed by atoms with Crippen molar-refractivity contribution in [2.24, 2.45) is 12.8 Å². The Morgan fingerprint density at radius 1 is 1.53 bits per heavy atom. The first-order valence-corrected chi connectivity index (χ1v) is 5.68. The maximum atomic E-state index is 13.7. The molecule has 2 rings (SSSR count). The Morgan fingerprint density at radius 3 is 2.82 bits per heavy atom. The molecule has 4 nitrogen and oxygen atoms in total. The molecule has 0 unspecified atom stereocenters. The molecule has 0 aliphatic rings. The van der Waals surface area contributed by atoms with E-state index in [0.29, 0.717) is 15.6 Å². The van der Waals surface area contributed by atoms with Gasteiger partial charge in [0.15, 0.2) is 5.16 Å². The number of hydrogen-bond acceptors (Lipinski definition) is 3. The molecule has 0 bridgehead atoms. The minimum absolute atomic E-state index is 0.141. The molecule has 0 fully saturated rings. The van der Waals surface area contributed by atoms with E-state index in [-0.39, 0.29) is 5.84 Å². The number of benzene rings is 1. The van der Waals surface area contributed by atoms with E-state index in [0.717, 1.165) is 0 Å². The van der Waals surface area contributed by atoms with Crippen molar-refractivity contribution < 1.29 is 4.39 Å². The highest BCUT2D eigenvalue weighted by molar-refractivity contribution is 7.99. The molecule has 0 spiro atoms. The summed E-state index contributed by atoms with van der Waals surface area (Å²) in [5.74, 6) is -0.539.